The second-order valence-corrected chi connectivity index (χ2v) is 9.54. The van der Waals surface area contributed by atoms with Gasteiger partial charge >= 0.3 is 0 Å². The Labute approximate surface area is 219 Å². The zero-order chi connectivity index (χ0) is 25.1. The SMILES string of the molecule is c1ccc(-c2cnc(-c3c4ccccc4n4ccc5c6ccccc6n(-c6ccccc6)c5c34)nc2)cc1. The van der Waals surface area contributed by atoms with Crippen LogP contribution in [0.4, 0.5) is 0 Å². The van der Waals surface area contributed by atoms with E-state index in [1.807, 2.05) is 30.6 Å². The van der Waals surface area contributed by atoms with E-state index in [0.29, 0.717) is 0 Å². The summed E-state index contributed by atoms with van der Waals surface area (Å²) in [6, 6.07) is 40.3. The van der Waals surface area contributed by atoms with Crippen molar-refractivity contribution in [2.45, 2.75) is 0 Å². The second-order valence-electron chi connectivity index (χ2n) is 9.54. The minimum atomic E-state index is 0.723. The summed E-state index contributed by atoms with van der Waals surface area (Å²) in [5, 5.41) is 3.57. The van der Waals surface area contributed by atoms with Gasteiger partial charge in [-0.1, -0.05) is 84.9 Å². The largest absolute Gasteiger partial charge is 0.314 e. The van der Waals surface area contributed by atoms with Crippen LogP contribution in [-0.2, 0) is 0 Å². The number of hydrogen-bond acceptors (Lipinski definition) is 2. The van der Waals surface area contributed by atoms with Crippen molar-refractivity contribution in [3.05, 3.63) is 134 Å². The minimum Gasteiger partial charge on any atom is -0.314 e. The summed E-state index contributed by atoms with van der Waals surface area (Å²) in [4.78, 5) is 9.85. The van der Waals surface area contributed by atoms with Crippen LogP contribution in [0.3, 0.4) is 0 Å². The lowest BCUT2D eigenvalue weighted by Gasteiger charge is -2.10. The summed E-state index contributed by atoms with van der Waals surface area (Å²) in [6.07, 6.45) is 6.05. The number of aromatic nitrogens is 4. The molecule has 38 heavy (non-hydrogen) atoms. The molecule has 4 aromatic heterocycles. The van der Waals surface area contributed by atoms with Crippen molar-refractivity contribution < 1.29 is 0 Å². The Hall–Kier alpha value is -5.22. The summed E-state index contributed by atoms with van der Waals surface area (Å²) in [5.74, 6) is 0.723. The number of benzene rings is 4. The van der Waals surface area contributed by atoms with Crippen molar-refractivity contribution in [3.8, 4) is 28.2 Å². The zero-order valence-corrected chi connectivity index (χ0v) is 20.5. The molecule has 4 aromatic carbocycles. The molecule has 4 heterocycles. The maximum absolute atomic E-state index is 4.93. The van der Waals surface area contributed by atoms with Crippen LogP contribution in [0.1, 0.15) is 0 Å². The first-order valence-corrected chi connectivity index (χ1v) is 12.8. The molecule has 4 heteroatoms. The lowest BCUT2D eigenvalue weighted by molar-refractivity contribution is 1.16. The molecule has 0 saturated heterocycles. The van der Waals surface area contributed by atoms with Gasteiger partial charge in [0.1, 0.15) is 0 Å². The van der Waals surface area contributed by atoms with Gasteiger partial charge in [0.25, 0.3) is 0 Å². The van der Waals surface area contributed by atoms with Crippen LogP contribution in [0.2, 0.25) is 0 Å². The van der Waals surface area contributed by atoms with Gasteiger partial charge in [0, 0.05) is 46.0 Å². The number of rotatable bonds is 3. The van der Waals surface area contributed by atoms with Crippen LogP contribution in [0, 0.1) is 0 Å². The van der Waals surface area contributed by atoms with Crippen molar-refractivity contribution in [1.29, 1.82) is 0 Å². The Morgan fingerprint density at radius 2 is 1.11 bits per heavy atom. The van der Waals surface area contributed by atoms with E-state index >= 15 is 0 Å². The number of nitrogens with zero attached hydrogens (tertiary/aromatic N) is 4. The molecule has 0 bridgehead atoms. The molecule has 8 aromatic rings. The fraction of sp³-hybridized carbons (Fsp3) is 0. The van der Waals surface area contributed by atoms with Gasteiger partial charge in [-0.15, -0.1) is 0 Å². The van der Waals surface area contributed by atoms with Crippen LogP contribution in [0.15, 0.2) is 134 Å². The highest BCUT2D eigenvalue weighted by Crippen LogP contribution is 2.41. The van der Waals surface area contributed by atoms with Crippen molar-refractivity contribution in [1.82, 2.24) is 18.9 Å². The summed E-state index contributed by atoms with van der Waals surface area (Å²) in [7, 11) is 0. The van der Waals surface area contributed by atoms with Gasteiger partial charge in [0.2, 0.25) is 0 Å². The smallest absolute Gasteiger partial charge is 0.162 e. The van der Waals surface area contributed by atoms with E-state index in [2.05, 4.69) is 112 Å². The molecule has 0 N–H and O–H groups in total. The summed E-state index contributed by atoms with van der Waals surface area (Å²) >= 11 is 0. The first-order valence-electron chi connectivity index (χ1n) is 12.8. The van der Waals surface area contributed by atoms with E-state index < -0.39 is 0 Å². The van der Waals surface area contributed by atoms with Crippen molar-refractivity contribution >= 4 is 38.2 Å². The van der Waals surface area contributed by atoms with Crippen LogP contribution >= 0.6 is 0 Å². The fourth-order valence-electron chi connectivity index (χ4n) is 5.78. The van der Waals surface area contributed by atoms with E-state index in [4.69, 9.17) is 9.97 Å². The average molecular weight is 487 g/mol. The van der Waals surface area contributed by atoms with Gasteiger partial charge in [0.05, 0.1) is 27.6 Å². The third kappa shape index (κ3) is 2.98. The third-order valence-corrected chi connectivity index (χ3v) is 7.44. The predicted octanol–water partition coefficient (Wildman–Crippen LogP) is 8.31. The standard InChI is InChI=1S/C34H22N4/c1-3-11-23(12-4-1)24-21-35-34(36-22-24)31-28-16-8-9-17-29(28)37-20-19-27-26-15-7-10-18-30(26)38(32(27)33(31)37)25-13-5-2-6-14-25/h1-22H. The van der Waals surface area contributed by atoms with Gasteiger partial charge in [-0.3, -0.25) is 0 Å². The molecule has 0 unspecified atom stereocenters. The van der Waals surface area contributed by atoms with Crippen molar-refractivity contribution in [3.63, 3.8) is 0 Å². The maximum atomic E-state index is 4.93. The molecule has 0 aliphatic rings. The number of pyridine rings is 1. The zero-order valence-electron chi connectivity index (χ0n) is 20.5. The van der Waals surface area contributed by atoms with Gasteiger partial charge in [0.15, 0.2) is 5.82 Å². The molecular weight excluding hydrogens is 464 g/mol. The normalized spacial score (nSPS) is 11.7. The highest BCUT2D eigenvalue weighted by molar-refractivity contribution is 6.20. The lowest BCUT2D eigenvalue weighted by atomic mass is 10.1. The Bertz CT molecular complexity index is 2100. The van der Waals surface area contributed by atoms with Crippen LogP contribution < -0.4 is 0 Å². The molecule has 0 radical (unpaired) electrons. The van der Waals surface area contributed by atoms with Gasteiger partial charge in [-0.2, -0.15) is 0 Å². The summed E-state index contributed by atoms with van der Waals surface area (Å²) < 4.78 is 4.67. The predicted molar refractivity (Wildman–Crippen MR) is 156 cm³/mol. The van der Waals surface area contributed by atoms with E-state index in [9.17, 15) is 0 Å². The molecule has 0 amide bonds. The first-order chi connectivity index (χ1) is 18.9. The van der Waals surface area contributed by atoms with E-state index in [1.165, 1.54) is 16.3 Å². The molecule has 0 aliphatic heterocycles. The quantitative estimate of drug-likeness (QED) is 0.252. The Kier molecular flexibility index (Phi) is 4.49. The van der Waals surface area contributed by atoms with Gasteiger partial charge in [-0.25, -0.2) is 9.97 Å². The van der Waals surface area contributed by atoms with Gasteiger partial charge < -0.3 is 8.97 Å². The van der Waals surface area contributed by atoms with Crippen LogP contribution in [-0.4, -0.2) is 18.9 Å². The molecule has 0 aliphatic carbocycles. The number of fused-ring (bicyclic) bond motifs is 7. The molecule has 0 saturated carbocycles. The fourth-order valence-corrected chi connectivity index (χ4v) is 5.78. The Morgan fingerprint density at radius 3 is 1.87 bits per heavy atom. The van der Waals surface area contributed by atoms with Crippen LogP contribution in [0.25, 0.3) is 66.4 Å². The lowest BCUT2D eigenvalue weighted by Crippen LogP contribution is -1.97. The third-order valence-electron chi connectivity index (χ3n) is 7.44. The molecule has 4 nitrogen and oxygen atoms in total. The Balaban J connectivity index is 1.52. The highest BCUT2D eigenvalue weighted by Gasteiger charge is 2.22. The molecule has 0 fully saturated rings. The Morgan fingerprint density at radius 1 is 0.474 bits per heavy atom. The highest BCUT2D eigenvalue weighted by atomic mass is 15.0. The molecule has 8 rings (SSSR count). The van der Waals surface area contributed by atoms with Crippen molar-refractivity contribution in [2.75, 3.05) is 0 Å². The molecule has 0 atom stereocenters. The maximum Gasteiger partial charge on any atom is 0.162 e. The van der Waals surface area contributed by atoms with Crippen LogP contribution in [0.5, 0.6) is 0 Å². The minimum absolute atomic E-state index is 0.723. The molecule has 178 valence electrons. The van der Waals surface area contributed by atoms with Gasteiger partial charge in [-0.05, 0) is 35.9 Å². The van der Waals surface area contributed by atoms with E-state index in [-0.39, 0.29) is 0 Å². The number of hydrogen-bond donors (Lipinski definition) is 0. The topological polar surface area (TPSA) is 35.1 Å². The first kappa shape index (κ1) is 20.9. The monoisotopic (exact) mass is 486 g/mol. The van der Waals surface area contributed by atoms with E-state index in [0.717, 1.165) is 50.1 Å². The average Bonchev–Trinajstić information content (AvgIpc) is 3.51. The summed E-state index contributed by atoms with van der Waals surface area (Å²) in [5.41, 5.74) is 8.87. The molecule has 0 spiro atoms. The van der Waals surface area contributed by atoms with Crippen molar-refractivity contribution in [2.24, 2.45) is 0 Å². The van der Waals surface area contributed by atoms with E-state index in [1.54, 1.807) is 0 Å². The molecular formula is C34H22N4. The second kappa shape index (κ2) is 8.15. The number of para-hydroxylation sites is 3. The summed E-state index contributed by atoms with van der Waals surface area (Å²) in [6.45, 7) is 0.